The fourth-order valence-corrected chi connectivity index (χ4v) is 2.53. The summed E-state index contributed by atoms with van der Waals surface area (Å²) in [6.07, 6.45) is 0. The van der Waals surface area contributed by atoms with Crippen LogP contribution in [-0.4, -0.2) is 0 Å². The number of hydrogen-bond donors (Lipinski definition) is 2. The van der Waals surface area contributed by atoms with Gasteiger partial charge in [-0.15, -0.1) is 0 Å². The van der Waals surface area contributed by atoms with Gasteiger partial charge in [0.15, 0.2) is 0 Å². The van der Waals surface area contributed by atoms with Crippen molar-refractivity contribution in [3.63, 3.8) is 0 Å². The molecule has 0 aliphatic rings. The van der Waals surface area contributed by atoms with Crippen molar-refractivity contribution in [2.45, 2.75) is 13.8 Å². The predicted molar refractivity (Wildman–Crippen MR) is 95.5 cm³/mol. The summed E-state index contributed by atoms with van der Waals surface area (Å²) in [5.41, 5.74) is 13.6. The Hall–Kier alpha value is -2.74. The molecular formula is C20H20N2. The van der Waals surface area contributed by atoms with Crippen molar-refractivity contribution in [1.82, 2.24) is 0 Å². The minimum Gasteiger partial charge on any atom is -0.399 e. The molecule has 0 radical (unpaired) electrons. The average Bonchev–Trinajstić information content (AvgIpc) is 2.52. The number of benzene rings is 3. The van der Waals surface area contributed by atoms with Gasteiger partial charge in [-0.1, -0.05) is 42.0 Å². The second-order valence-electron chi connectivity index (χ2n) is 5.64. The van der Waals surface area contributed by atoms with Crippen molar-refractivity contribution >= 4 is 17.1 Å². The van der Waals surface area contributed by atoms with E-state index in [-0.39, 0.29) is 0 Å². The van der Waals surface area contributed by atoms with Gasteiger partial charge in [0.2, 0.25) is 0 Å². The van der Waals surface area contributed by atoms with Crippen LogP contribution in [0.1, 0.15) is 11.1 Å². The summed E-state index contributed by atoms with van der Waals surface area (Å²) in [6.45, 7) is 4.23. The molecule has 2 nitrogen and oxygen atoms in total. The van der Waals surface area contributed by atoms with Crippen molar-refractivity contribution in [2.24, 2.45) is 0 Å². The maximum absolute atomic E-state index is 5.73. The van der Waals surface area contributed by atoms with Gasteiger partial charge in [0.25, 0.3) is 0 Å². The van der Waals surface area contributed by atoms with E-state index in [4.69, 9.17) is 5.73 Å². The van der Waals surface area contributed by atoms with E-state index in [0.717, 1.165) is 17.1 Å². The van der Waals surface area contributed by atoms with Crippen molar-refractivity contribution in [3.8, 4) is 11.1 Å². The molecule has 0 aliphatic heterocycles. The van der Waals surface area contributed by atoms with E-state index in [1.807, 2.05) is 24.3 Å². The topological polar surface area (TPSA) is 38.0 Å². The van der Waals surface area contributed by atoms with Crippen LogP contribution in [0.15, 0.2) is 66.7 Å². The number of hydrogen-bond acceptors (Lipinski definition) is 2. The summed E-state index contributed by atoms with van der Waals surface area (Å²) >= 11 is 0. The molecule has 22 heavy (non-hydrogen) atoms. The molecule has 0 saturated heterocycles. The minimum absolute atomic E-state index is 0.789. The van der Waals surface area contributed by atoms with Crippen molar-refractivity contribution in [2.75, 3.05) is 11.1 Å². The Balaban J connectivity index is 1.80. The fourth-order valence-electron chi connectivity index (χ4n) is 2.53. The fraction of sp³-hybridized carbons (Fsp3) is 0.100. The summed E-state index contributed by atoms with van der Waals surface area (Å²) in [4.78, 5) is 0. The van der Waals surface area contributed by atoms with E-state index in [9.17, 15) is 0 Å². The maximum atomic E-state index is 5.73. The van der Waals surface area contributed by atoms with Gasteiger partial charge in [-0.2, -0.15) is 0 Å². The third-order valence-electron chi connectivity index (χ3n) is 3.79. The van der Waals surface area contributed by atoms with Gasteiger partial charge in [0, 0.05) is 17.1 Å². The number of aryl methyl sites for hydroxylation is 2. The molecule has 0 bridgehead atoms. The zero-order valence-electron chi connectivity index (χ0n) is 12.9. The van der Waals surface area contributed by atoms with E-state index in [1.165, 1.54) is 22.3 Å². The molecule has 0 fully saturated rings. The zero-order chi connectivity index (χ0) is 15.5. The Morgan fingerprint density at radius 2 is 1.32 bits per heavy atom. The van der Waals surface area contributed by atoms with E-state index >= 15 is 0 Å². The molecule has 3 aromatic carbocycles. The van der Waals surface area contributed by atoms with Crippen LogP contribution in [0.2, 0.25) is 0 Å². The van der Waals surface area contributed by atoms with Crippen molar-refractivity contribution in [1.29, 1.82) is 0 Å². The summed E-state index contributed by atoms with van der Waals surface area (Å²) in [6, 6.07) is 22.8. The first-order valence-electron chi connectivity index (χ1n) is 7.42. The third-order valence-corrected chi connectivity index (χ3v) is 3.79. The first-order valence-corrected chi connectivity index (χ1v) is 7.42. The molecule has 2 heteroatoms. The lowest BCUT2D eigenvalue weighted by molar-refractivity contribution is 1.37. The molecule has 0 atom stereocenters. The molecule has 0 aliphatic carbocycles. The highest BCUT2D eigenvalue weighted by Crippen LogP contribution is 2.25. The van der Waals surface area contributed by atoms with E-state index < -0.39 is 0 Å². The van der Waals surface area contributed by atoms with E-state index in [1.54, 1.807) is 0 Å². The first kappa shape index (κ1) is 14.2. The number of nitrogens with two attached hydrogens (primary N) is 1. The van der Waals surface area contributed by atoms with Crippen LogP contribution in [0.3, 0.4) is 0 Å². The average molecular weight is 288 g/mol. The van der Waals surface area contributed by atoms with E-state index in [0.29, 0.717) is 0 Å². The van der Waals surface area contributed by atoms with Gasteiger partial charge in [0.1, 0.15) is 0 Å². The molecule has 0 unspecified atom stereocenters. The van der Waals surface area contributed by atoms with Crippen LogP contribution in [0.25, 0.3) is 11.1 Å². The van der Waals surface area contributed by atoms with Crippen LogP contribution in [-0.2, 0) is 0 Å². The molecule has 0 spiro atoms. The smallest absolute Gasteiger partial charge is 0.0414 e. The summed E-state index contributed by atoms with van der Waals surface area (Å²) in [5, 5.41) is 3.47. The van der Waals surface area contributed by atoms with Crippen molar-refractivity contribution < 1.29 is 0 Å². The lowest BCUT2D eigenvalue weighted by Crippen LogP contribution is -1.93. The number of nitrogens with one attached hydrogen (secondary N) is 1. The molecular weight excluding hydrogens is 268 g/mol. The molecule has 110 valence electrons. The van der Waals surface area contributed by atoms with Gasteiger partial charge < -0.3 is 11.1 Å². The molecule has 0 heterocycles. The zero-order valence-corrected chi connectivity index (χ0v) is 12.9. The largest absolute Gasteiger partial charge is 0.399 e. The van der Waals surface area contributed by atoms with Crippen LogP contribution in [0.5, 0.6) is 0 Å². The molecule has 0 aromatic heterocycles. The minimum atomic E-state index is 0.789. The summed E-state index contributed by atoms with van der Waals surface area (Å²) in [7, 11) is 0. The summed E-state index contributed by atoms with van der Waals surface area (Å²) < 4.78 is 0. The highest BCUT2D eigenvalue weighted by molar-refractivity contribution is 5.70. The Bertz CT molecular complexity index is 772. The number of anilines is 3. The van der Waals surface area contributed by atoms with Crippen molar-refractivity contribution in [3.05, 3.63) is 77.9 Å². The molecule has 0 amide bonds. The Kier molecular flexibility index (Phi) is 3.84. The van der Waals surface area contributed by atoms with Gasteiger partial charge >= 0.3 is 0 Å². The predicted octanol–water partition coefficient (Wildman–Crippen LogP) is 5.30. The SMILES string of the molecule is Cc1ccc(Nc2ccc(-c3ccc(N)cc3)cc2)c(C)c1. The highest BCUT2D eigenvalue weighted by atomic mass is 14.9. The Morgan fingerprint density at radius 1 is 0.727 bits per heavy atom. The second-order valence-corrected chi connectivity index (χ2v) is 5.64. The first-order chi connectivity index (χ1) is 10.6. The maximum Gasteiger partial charge on any atom is 0.0414 e. The molecule has 3 aromatic rings. The molecule has 3 N–H and O–H groups in total. The summed E-state index contributed by atoms with van der Waals surface area (Å²) in [5.74, 6) is 0. The number of rotatable bonds is 3. The van der Waals surface area contributed by atoms with Crippen LogP contribution in [0, 0.1) is 13.8 Å². The monoisotopic (exact) mass is 288 g/mol. The third kappa shape index (κ3) is 3.12. The number of nitrogen functional groups attached to an aromatic ring is 1. The molecule has 0 saturated carbocycles. The van der Waals surface area contributed by atoms with Gasteiger partial charge in [-0.05, 0) is 60.9 Å². The van der Waals surface area contributed by atoms with Crippen LogP contribution in [0.4, 0.5) is 17.1 Å². The highest BCUT2D eigenvalue weighted by Gasteiger charge is 2.01. The van der Waals surface area contributed by atoms with Crippen LogP contribution >= 0.6 is 0 Å². The normalized spacial score (nSPS) is 10.5. The quantitative estimate of drug-likeness (QED) is 0.642. The lowest BCUT2D eigenvalue weighted by Gasteiger charge is -2.11. The molecule has 3 rings (SSSR count). The Morgan fingerprint density at radius 3 is 1.91 bits per heavy atom. The van der Waals surface area contributed by atoms with Gasteiger partial charge in [0.05, 0.1) is 0 Å². The van der Waals surface area contributed by atoms with Gasteiger partial charge in [-0.3, -0.25) is 0 Å². The van der Waals surface area contributed by atoms with Crippen LogP contribution < -0.4 is 11.1 Å². The van der Waals surface area contributed by atoms with E-state index in [2.05, 4.69) is 61.6 Å². The lowest BCUT2D eigenvalue weighted by atomic mass is 10.0. The Labute approximate surface area is 131 Å². The second kappa shape index (κ2) is 5.94. The van der Waals surface area contributed by atoms with Gasteiger partial charge in [-0.25, -0.2) is 0 Å². The standard InChI is InChI=1S/C20H20N2/c1-14-3-12-20(15(2)13-14)22-19-10-6-17(7-11-19)16-4-8-18(21)9-5-16/h3-13,22H,21H2,1-2H3.